The van der Waals surface area contributed by atoms with Crippen LogP contribution >= 0.6 is 0 Å². The van der Waals surface area contributed by atoms with Gasteiger partial charge in [0.2, 0.25) is 0 Å². The third-order valence-electron chi connectivity index (χ3n) is 3.05. The lowest BCUT2D eigenvalue weighted by Gasteiger charge is -2.14. The molecule has 0 saturated carbocycles. The number of hydrogen-bond acceptors (Lipinski definition) is 3. The highest BCUT2D eigenvalue weighted by atomic mass is 19.4. The lowest BCUT2D eigenvalue weighted by Crippen LogP contribution is -2.20. The minimum atomic E-state index is -4.45. The molecule has 0 unspecified atom stereocenters. The number of halogens is 3. The van der Waals surface area contributed by atoms with Gasteiger partial charge < -0.3 is 14.8 Å². The quantitative estimate of drug-likeness (QED) is 0.864. The van der Waals surface area contributed by atoms with Crippen molar-refractivity contribution in [3.8, 4) is 5.75 Å². The number of anilines is 1. The van der Waals surface area contributed by atoms with Crippen molar-refractivity contribution in [1.29, 1.82) is 0 Å². The second kappa shape index (κ2) is 7.83. The minimum Gasteiger partial charge on any atom is -0.482 e. The van der Waals surface area contributed by atoms with E-state index in [-0.39, 0.29) is 11.4 Å². The second-order valence-electron chi connectivity index (χ2n) is 4.98. The zero-order chi connectivity index (χ0) is 17.6. The number of methoxy groups -OCH3 is 1. The standard InChI is InChI=1S/C17H16F3NO3/c1-23-10-12-6-8-13(9-7-12)16(22)21-14-4-2-3-5-15(14)24-11-17(18,19)20/h2-9H,10-11H2,1H3,(H,21,22). The summed E-state index contributed by atoms with van der Waals surface area (Å²) in [6, 6.07) is 12.7. The van der Waals surface area contributed by atoms with E-state index in [1.54, 1.807) is 37.4 Å². The fourth-order valence-corrected chi connectivity index (χ4v) is 1.97. The smallest absolute Gasteiger partial charge is 0.422 e. The van der Waals surface area contributed by atoms with Crippen LogP contribution in [0.4, 0.5) is 18.9 Å². The van der Waals surface area contributed by atoms with Crippen LogP contribution in [-0.4, -0.2) is 25.8 Å². The van der Waals surface area contributed by atoms with E-state index in [2.05, 4.69) is 5.32 Å². The van der Waals surface area contributed by atoms with Crippen molar-refractivity contribution >= 4 is 11.6 Å². The second-order valence-corrected chi connectivity index (χ2v) is 4.98. The molecule has 0 bridgehead atoms. The van der Waals surface area contributed by atoms with Gasteiger partial charge in [-0.3, -0.25) is 4.79 Å². The number of benzene rings is 2. The Kier molecular flexibility index (Phi) is 5.81. The van der Waals surface area contributed by atoms with E-state index in [9.17, 15) is 18.0 Å². The Morgan fingerprint density at radius 1 is 1.08 bits per heavy atom. The molecule has 0 radical (unpaired) electrons. The maximum atomic E-state index is 12.3. The lowest BCUT2D eigenvalue weighted by atomic mass is 10.1. The molecule has 128 valence electrons. The van der Waals surface area contributed by atoms with Gasteiger partial charge in [0, 0.05) is 12.7 Å². The summed E-state index contributed by atoms with van der Waals surface area (Å²) in [5, 5.41) is 2.55. The first-order valence-corrected chi connectivity index (χ1v) is 7.07. The van der Waals surface area contributed by atoms with E-state index in [0.717, 1.165) is 5.56 Å². The zero-order valence-electron chi connectivity index (χ0n) is 12.9. The van der Waals surface area contributed by atoms with E-state index in [0.29, 0.717) is 12.2 Å². The van der Waals surface area contributed by atoms with Crippen LogP contribution in [0.2, 0.25) is 0 Å². The Labute approximate surface area is 137 Å². The monoisotopic (exact) mass is 339 g/mol. The largest absolute Gasteiger partial charge is 0.482 e. The number of para-hydroxylation sites is 2. The molecule has 0 aliphatic heterocycles. The molecular weight excluding hydrogens is 323 g/mol. The Balaban J connectivity index is 2.08. The van der Waals surface area contributed by atoms with Gasteiger partial charge >= 0.3 is 6.18 Å². The summed E-state index contributed by atoms with van der Waals surface area (Å²) in [5.41, 5.74) is 1.45. The van der Waals surface area contributed by atoms with Crippen LogP contribution in [0, 0.1) is 0 Å². The van der Waals surface area contributed by atoms with Crippen molar-refractivity contribution in [2.75, 3.05) is 19.0 Å². The van der Waals surface area contributed by atoms with Crippen molar-refractivity contribution in [1.82, 2.24) is 0 Å². The molecule has 1 N–H and O–H groups in total. The first-order valence-electron chi connectivity index (χ1n) is 7.07. The molecule has 1 amide bonds. The molecule has 0 spiro atoms. The van der Waals surface area contributed by atoms with Gasteiger partial charge in [-0.15, -0.1) is 0 Å². The molecule has 0 heterocycles. The first-order chi connectivity index (χ1) is 11.4. The fraction of sp³-hybridized carbons (Fsp3) is 0.235. The fourth-order valence-electron chi connectivity index (χ4n) is 1.97. The highest BCUT2D eigenvalue weighted by molar-refractivity contribution is 6.05. The van der Waals surface area contributed by atoms with Gasteiger partial charge in [0.05, 0.1) is 12.3 Å². The third-order valence-corrected chi connectivity index (χ3v) is 3.05. The van der Waals surface area contributed by atoms with Crippen LogP contribution < -0.4 is 10.1 Å². The molecule has 0 aliphatic rings. The van der Waals surface area contributed by atoms with Crippen molar-refractivity contribution in [2.24, 2.45) is 0 Å². The van der Waals surface area contributed by atoms with Gasteiger partial charge in [-0.05, 0) is 29.8 Å². The van der Waals surface area contributed by atoms with E-state index >= 15 is 0 Å². The van der Waals surface area contributed by atoms with Crippen LogP contribution in [0.15, 0.2) is 48.5 Å². The molecule has 24 heavy (non-hydrogen) atoms. The molecule has 2 aromatic carbocycles. The number of rotatable bonds is 6. The molecular formula is C17H16F3NO3. The average Bonchev–Trinajstić information content (AvgIpc) is 2.54. The number of carbonyl (C=O) groups is 1. The summed E-state index contributed by atoms with van der Waals surface area (Å²) in [7, 11) is 1.57. The molecule has 4 nitrogen and oxygen atoms in total. The molecule has 2 aromatic rings. The molecule has 0 aliphatic carbocycles. The predicted molar refractivity (Wildman–Crippen MR) is 83.1 cm³/mol. The van der Waals surface area contributed by atoms with Crippen molar-refractivity contribution < 1.29 is 27.4 Å². The van der Waals surface area contributed by atoms with Gasteiger partial charge in [-0.2, -0.15) is 13.2 Å². The first kappa shape index (κ1) is 17.8. The molecule has 7 heteroatoms. The van der Waals surface area contributed by atoms with Gasteiger partial charge in [0.15, 0.2) is 6.61 Å². The van der Waals surface area contributed by atoms with Gasteiger partial charge in [0.25, 0.3) is 5.91 Å². The van der Waals surface area contributed by atoms with Crippen molar-refractivity contribution in [3.05, 3.63) is 59.7 Å². The van der Waals surface area contributed by atoms with E-state index in [1.165, 1.54) is 18.2 Å². The minimum absolute atomic E-state index is 0.0424. The van der Waals surface area contributed by atoms with Gasteiger partial charge in [-0.25, -0.2) is 0 Å². The molecule has 0 fully saturated rings. The maximum absolute atomic E-state index is 12.3. The number of ether oxygens (including phenoxy) is 2. The lowest BCUT2D eigenvalue weighted by molar-refractivity contribution is -0.153. The number of alkyl halides is 3. The average molecular weight is 339 g/mol. The summed E-state index contributed by atoms with van der Waals surface area (Å²) in [6.45, 7) is -0.998. The summed E-state index contributed by atoms with van der Waals surface area (Å²) in [4.78, 5) is 12.2. The van der Waals surface area contributed by atoms with Gasteiger partial charge in [0.1, 0.15) is 5.75 Å². The summed E-state index contributed by atoms with van der Waals surface area (Å²) >= 11 is 0. The normalized spacial score (nSPS) is 11.2. The topological polar surface area (TPSA) is 47.6 Å². The summed E-state index contributed by atoms with van der Waals surface area (Å²) in [6.07, 6.45) is -4.45. The summed E-state index contributed by atoms with van der Waals surface area (Å²) < 4.78 is 46.6. The van der Waals surface area contributed by atoms with Crippen LogP contribution in [0.5, 0.6) is 5.75 Å². The molecule has 0 saturated heterocycles. The Bertz CT molecular complexity index is 684. The van der Waals surface area contributed by atoms with Crippen LogP contribution in [0.3, 0.4) is 0 Å². The number of nitrogens with one attached hydrogen (secondary N) is 1. The Morgan fingerprint density at radius 2 is 1.75 bits per heavy atom. The zero-order valence-corrected chi connectivity index (χ0v) is 12.9. The summed E-state index contributed by atoms with van der Waals surface area (Å²) in [5.74, 6) is -0.485. The predicted octanol–water partition coefficient (Wildman–Crippen LogP) is 4.03. The van der Waals surface area contributed by atoms with E-state index < -0.39 is 18.7 Å². The molecule has 2 rings (SSSR count). The number of hydrogen-bond donors (Lipinski definition) is 1. The number of carbonyl (C=O) groups excluding carboxylic acids is 1. The van der Waals surface area contributed by atoms with Crippen molar-refractivity contribution in [3.63, 3.8) is 0 Å². The van der Waals surface area contributed by atoms with Crippen LogP contribution in [0.1, 0.15) is 15.9 Å². The SMILES string of the molecule is COCc1ccc(C(=O)Nc2ccccc2OCC(F)(F)F)cc1. The van der Waals surface area contributed by atoms with Crippen LogP contribution in [0.25, 0.3) is 0 Å². The van der Waals surface area contributed by atoms with Gasteiger partial charge in [-0.1, -0.05) is 24.3 Å². The van der Waals surface area contributed by atoms with Crippen molar-refractivity contribution in [2.45, 2.75) is 12.8 Å². The Hall–Kier alpha value is -2.54. The van der Waals surface area contributed by atoms with E-state index in [1.807, 2.05) is 0 Å². The maximum Gasteiger partial charge on any atom is 0.422 e. The number of amides is 1. The highest BCUT2D eigenvalue weighted by Gasteiger charge is 2.28. The van der Waals surface area contributed by atoms with Crippen LogP contribution in [-0.2, 0) is 11.3 Å². The molecule has 0 aromatic heterocycles. The van der Waals surface area contributed by atoms with E-state index in [4.69, 9.17) is 9.47 Å². The Morgan fingerprint density at radius 3 is 2.38 bits per heavy atom. The molecule has 0 atom stereocenters. The third kappa shape index (κ3) is 5.27. The highest BCUT2D eigenvalue weighted by Crippen LogP contribution is 2.26.